The van der Waals surface area contributed by atoms with Crippen molar-refractivity contribution in [2.45, 2.75) is 173 Å². The number of hydrogen-bond donors (Lipinski definition) is 4. The van der Waals surface area contributed by atoms with Gasteiger partial charge in [-0.05, 0) is 132 Å². The lowest BCUT2D eigenvalue weighted by molar-refractivity contribution is -0.161. The lowest BCUT2D eigenvalue weighted by atomic mass is 10.1. The summed E-state index contributed by atoms with van der Waals surface area (Å²) in [6, 6.07) is -5.01. The number of hydrogen-bond acceptors (Lipinski definition) is 14. The molecule has 0 unspecified atom stereocenters. The molecule has 0 radical (unpaired) electrons. The minimum Gasteiger partial charge on any atom is -0.460 e. The van der Waals surface area contributed by atoms with Gasteiger partial charge in [0.1, 0.15) is 53.7 Å². The molecule has 0 heterocycles. The van der Waals surface area contributed by atoms with Crippen LogP contribution in [0.5, 0.6) is 0 Å². The second kappa shape index (κ2) is 22.0. The highest BCUT2D eigenvalue weighted by atomic mass is 127. The van der Waals surface area contributed by atoms with Gasteiger partial charge in [0.15, 0.2) is 3.61 Å². The van der Waals surface area contributed by atoms with Crippen LogP contribution in [0.2, 0.25) is 0 Å². The fraction of sp³-hybridized carbons (Fsp3) is 0.778. The number of nitrogens with one attached hydrogen (secondary N) is 4. The van der Waals surface area contributed by atoms with E-state index in [0.717, 1.165) is 0 Å². The second-order valence-electron chi connectivity index (χ2n) is 16.2. The summed E-state index contributed by atoms with van der Waals surface area (Å²) in [5, 5.41) is 9.68. The van der Waals surface area contributed by atoms with Gasteiger partial charge in [-0.15, -0.1) is 0 Å². The van der Waals surface area contributed by atoms with Gasteiger partial charge in [0.25, 0.3) is 0 Å². The van der Waals surface area contributed by atoms with E-state index in [9.17, 15) is 38.4 Å². The molecule has 0 aliphatic rings. The van der Waals surface area contributed by atoms with E-state index < -0.39 is 105 Å². The molecule has 0 saturated carbocycles. The minimum atomic E-state index is -1.28. The highest BCUT2D eigenvalue weighted by Crippen LogP contribution is 2.20. The number of esters is 4. The second-order valence-corrected chi connectivity index (χ2v) is 18.8. The maximum atomic E-state index is 13.1. The standard InChI is InChI=1S/C36H61IN4O14/c1-20(51-30(47)22(3)39-28(45)24(41-32(49)55-35(10,11)12)16-18-26(43)53-36(13,14)37)19-50-29(46)21(2)38-27(44)23(40-31(48)54-34(7,8)9)15-17-25(42)52-33(4,5)6/h20-24H,15-19H2,1-14H3,(H,38,44)(H,39,45)(H,40,48)(H,41,49)/t20-,21-,22-,23-,24-/m0/s1. The van der Waals surface area contributed by atoms with Crippen molar-refractivity contribution >= 4 is 70.5 Å². The summed E-state index contributed by atoms with van der Waals surface area (Å²) in [5.41, 5.74) is -2.52. The SMILES string of the molecule is C[C@H](NC(=O)[C@H](CCC(=O)OC(C)(C)C)NC(=O)OC(C)(C)C)C(=O)OC[C@H](C)OC(=O)[C@H](C)NC(=O)[C@H](CCC(=O)OC(C)(C)I)NC(=O)OC(C)(C)C. The van der Waals surface area contributed by atoms with E-state index in [1.165, 1.54) is 20.8 Å². The van der Waals surface area contributed by atoms with Gasteiger partial charge >= 0.3 is 36.1 Å². The summed E-state index contributed by atoms with van der Waals surface area (Å²) in [7, 11) is 0. The van der Waals surface area contributed by atoms with Crippen molar-refractivity contribution < 1.29 is 66.8 Å². The Kier molecular flexibility index (Phi) is 20.4. The Morgan fingerprint density at radius 3 is 1.25 bits per heavy atom. The van der Waals surface area contributed by atoms with E-state index in [4.69, 9.17) is 28.4 Å². The molecule has 0 aliphatic heterocycles. The molecule has 19 heteroatoms. The first-order chi connectivity index (χ1) is 24.8. The Morgan fingerprint density at radius 2 is 0.891 bits per heavy atom. The molecule has 0 saturated heterocycles. The third-order valence-electron chi connectivity index (χ3n) is 6.27. The van der Waals surface area contributed by atoms with Gasteiger partial charge in [0.2, 0.25) is 11.8 Å². The van der Waals surface area contributed by atoms with Gasteiger partial charge in [0.05, 0.1) is 0 Å². The molecule has 0 aromatic rings. The molecular formula is C36H61IN4O14. The van der Waals surface area contributed by atoms with Gasteiger partial charge in [-0.25, -0.2) is 19.2 Å². The predicted octanol–water partition coefficient (Wildman–Crippen LogP) is 3.87. The van der Waals surface area contributed by atoms with Crippen LogP contribution in [0.1, 0.15) is 123 Å². The number of ether oxygens (including phenoxy) is 6. The van der Waals surface area contributed by atoms with Crippen LogP contribution >= 0.6 is 22.6 Å². The molecule has 55 heavy (non-hydrogen) atoms. The summed E-state index contributed by atoms with van der Waals surface area (Å²) in [6.45, 7) is 21.8. The van der Waals surface area contributed by atoms with Crippen molar-refractivity contribution in [3.05, 3.63) is 0 Å². The summed E-state index contributed by atoms with van der Waals surface area (Å²) in [5.74, 6) is -4.61. The van der Waals surface area contributed by atoms with Crippen LogP contribution in [0.3, 0.4) is 0 Å². The quantitative estimate of drug-likeness (QED) is 0.0661. The molecule has 0 rings (SSSR count). The summed E-state index contributed by atoms with van der Waals surface area (Å²) >= 11 is 1.93. The number of carbonyl (C=O) groups is 8. The van der Waals surface area contributed by atoms with E-state index in [0.29, 0.717) is 0 Å². The van der Waals surface area contributed by atoms with Gasteiger partial charge in [-0.1, -0.05) is 0 Å². The third-order valence-corrected chi connectivity index (χ3v) is 6.49. The normalized spacial score (nSPS) is 14.7. The zero-order valence-corrected chi connectivity index (χ0v) is 36.7. The number of alkyl halides is 1. The lowest BCUT2D eigenvalue weighted by Crippen LogP contribution is -2.52. The Balaban J connectivity index is 5.35. The van der Waals surface area contributed by atoms with Crippen LogP contribution in [0.25, 0.3) is 0 Å². The van der Waals surface area contributed by atoms with Crippen molar-refractivity contribution in [3.63, 3.8) is 0 Å². The van der Waals surface area contributed by atoms with E-state index in [1.807, 2.05) is 22.6 Å². The van der Waals surface area contributed by atoms with Gasteiger partial charge in [0, 0.05) is 12.8 Å². The van der Waals surface area contributed by atoms with Crippen molar-refractivity contribution in [2.24, 2.45) is 0 Å². The molecule has 5 atom stereocenters. The van der Waals surface area contributed by atoms with Crippen molar-refractivity contribution in [1.82, 2.24) is 21.3 Å². The van der Waals surface area contributed by atoms with E-state index >= 15 is 0 Å². The molecule has 0 fully saturated rings. The summed E-state index contributed by atoms with van der Waals surface area (Å²) < 4.78 is 30.7. The topological polar surface area (TPSA) is 240 Å². The van der Waals surface area contributed by atoms with E-state index in [-0.39, 0.29) is 25.7 Å². The van der Waals surface area contributed by atoms with E-state index in [2.05, 4.69) is 21.3 Å². The average molecular weight is 901 g/mol. The zero-order valence-electron chi connectivity index (χ0n) is 34.5. The number of rotatable bonds is 18. The molecule has 0 spiro atoms. The molecule has 0 aromatic carbocycles. The first-order valence-electron chi connectivity index (χ1n) is 17.9. The molecule has 18 nitrogen and oxygen atoms in total. The van der Waals surface area contributed by atoms with Crippen molar-refractivity contribution in [3.8, 4) is 0 Å². The number of amides is 4. The number of carbonyl (C=O) groups excluding carboxylic acids is 8. The fourth-order valence-corrected chi connectivity index (χ4v) is 4.33. The molecular weight excluding hydrogens is 839 g/mol. The van der Waals surface area contributed by atoms with Crippen LogP contribution in [0.15, 0.2) is 0 Å². The Labute approximate surface area is 337 Å². The lowest BCUT2D eigenvalue weighted by Gasteiger charge is -2.25. The van der Waals surface area contributed by atoms with Crippen LogP contribution in [0, 0.1) is 0 Å². The van der Waals surface area contributed by atoms with Gasteiger partial charge < -0.3 is 49.7 Å². The average Bonchev–Trinajstić information content (AvgIpc) is 2.96. The highest BCUT2D eigenvalue weighted by Gasteiger charge is 2.31. The Bertz CT molecular complexity index is 1360. The molecule has 4 amide bonds. The minimum absolute atomic E-state index is 0.162. The first-order valence-corrected chi connectivity index (χ1v) is 18.9. The molecule has 0 bridgehead atoms. The summed E-state index contributed by atoms with van der Waals surface area (Å²) in [6.07, 6.45) is -3.61. The van der Waals surface area contributed by atoms with Crippen LogP contribution in [0.4, 0.5) is 9.59 Å². The van der Waals surface area contributed by atoms with Crippen LogP contribution in [-0.4, -0.2) is 105 Å². The summed E-state index contributed by atoms with van der Waals surface area (Å²) in [4.78, 5) is 101. The number of halogens is 1. The molecule has 0 aliphatic carbocycles. The largest absolute Gasteiger partial charge is 0.460 e. The Morgan fingerprint density at radius 1 is 0.527 bits per heavy atom. The van der Waals surface area contributed by atoms with Crippen molar-refractivity contribution in [2.75, 3.05) is 6.61 Å². The predicted molar refractivity (Wildman–Crippen MR) is 207 cm³/mol. The fourth-order valence-electron chi connectivity index (χ4n) is 4.08. The maximum absolute atomic E-state index is 13.1. The van der Waals surface area contributed by atoms with Crippen LogP contribution in [-0.2, 0) is 57.2 Å². The maximum Gasteiger partial charge on any atom is 0.408 e. The van der Waals surface area contributed by atoms with Crippen molar-refractivity contribution in [1.29, 1.82) is 0 Å². The Hall–Kier alpha value is -3.91. The van der Waals surface area contributed by atoms with Crippen LogP contribution < -0.4 is 21.3 Å². The zero-order chi connectivity index (χ0) is 43.1. The molecule has 0 aromatic heterocycles. The monoisotopic (exact) mass is 900 g/mol. The highest BCUT2D eigenvalue weighted by molar-refractivity contribution is 14.1. The molecule has 316 valence electrons. The molecule has 4 N–H and O–H groups in total. The number of alkyl carbamates (subject to hydrolysis) is 2. The van der Waals surface area contributed by atoms with E-state index in [1.54, 1.807) is 76.2 Å². The van der Waals surface area contributed by atoms with Gasteiger partial charge in [-0.3, -0.25) is 19.2 Å². The smallest absolute Gasteiger partial charge is 0.408 e. The third kappa shape index (κ3) is 25.7. The first kappa shape index (κ1) is 51.1. The van der Waals surface area contributed by atoms with Gasteiger partial charge in [-0.2, -0.15) is 0 Å².